The first kappa shape index (κ1) is 27.3. The number of benzene rings is 3. The van der Waals surface area contributed by atoms with Crippen LogP contribution in [0.15, 0.2) is 66.7 Å². The van der Waals surface area contributed by atoms with Gasteiger partial charge in [0.2, 0.25) is 0 Å². The number of amides is 1. The first-order valence-electron chi connectivity index (χ1n) is 13.0. The fourth-order valence-electron chi connectivity index (χ4n) is 4.23. The van der Waals surface area contributed by atoms with Gasteiger partial charge in [-0.25, -0.2) is 0 Å². The molecule has 0 aliphatic rings. The number of aromatic hydroxyl groups is 1. The van der Waals surface area contributed by atoms with Gasteiger partial charge in [-0.05, 0) is 91.0 Å². The summed E-state index contributed by atoms with van der Waals surface area (Å²) >= 11 is 0. The lowest BCUT2D eigenvalue weighted by Gasteiger charge is -2.22. The Bertz CT molecular complexity index is 1110. The number of nitrogens with one attached hydrogen (secondary N) is 2. The highest BCUT2D eigenvalue weighted by atomic mass is 16.3. The lowest BCUT2D eigenvalue weighted by Crippen LogP contribution is -2.25. The summed E-state index contributed by atoms with van der Waals surface area (Å²) in [6, 6.07) is 21.5. The zero-order chi connectivity index (χ0) is 26.1. The van der Waals surface area contributed by atoms with Crippen molar-refractivity contribution >= 4 is 17.3 Å². The topological polar surface area (TPSA) is 64.6 Å². The number of rotatable bonds is 11. The van der Waals surface area contributed by atoms with E-state index in [0.717, 1.165) is 48.4 Å². The first-order valence-corrected chi connectivity index (χ1v) is 13.0. The summed E-state index contributed by atoms with van der Waals surface area (Å²) in [7, 11) is 0. The Labute approximate surface area is 216 Å². The van der Waals surface area contributed by atoms with Crippen molar-refractivity contribution in [2.75, 3.05) is 18.4 Å². The van der Waals surface area contributed by atoms with E-state index in [0.29, 0.717) is 24.4 Å². The van der Waals surface area contributed by atoms with E-state index in [4.69, 9.17) is 0 Å². The summed E-state index contributed by atoms with van der Waals surface area (Å²) in [6.07, 6.45) is 2.16. The molecule has 0 saturated carbocycles. The van der Waals surface area contributed by atoms with Crippen LogP contribution in [-0.2, 0) is 18.5 Å². The number of hydrogen-bond donors (Lipinski definition) is 3. The molecule has 5 heteroatoms. The van der Waals surface area contributed by atoms with E-state index in [2.05, 4.69) is 74.4 Å². The van der Waals surface area contributed by atoms with Crippen LogP contribution in [0.3, 0.4) is 0 Å². The first-order chi connectivity index (χ1) is 17.2. The smallest absolute Gasteiger partial charge is 0.251 e. The zero-order valence-electron chi connectivity index (χ0n) is 22.4. The van der Waals surface area contributed by atoms with Crippen molar-refractivity contribution in [3.05, 3.63) is 89.0 Å². The Hall–Kier alpha value is -3.31. The molecule has 5 nitrogen and oxygen atoms in total. The van der Waals surface area contributed by atoms with Crippen LogP contribution in [0.1, 0.15) is 74.5 Å². The van der Waals surface area contributed by atoms with E-state index in [1.54, 1.807) is 6.07 Å². The molecule has 3 rings (SSSR count). The van der Waals surface area contributed by atoms with Crippen LogP contribution < -0.4 is 10.6 Å². The number of phenolic OH excluding ortho intramolecular Hbond substituents is 1. The number of carbonyl (C=O) groups excluding carboxylic acids is 1. The van der Waals surface area contributed by atoms with Gasteiger partial charge in [0, 0.05) is 35.6 Å². The van der Waals surface area contributed by atoms with Crippen LogP contribution in [0.4, 0.5) is 11.4 Å². The predicted molar refractivity (Wildman–Crippen MR) is 150 cm³/mol. The van der Waals surface area contributed by atoms with E-state index >= 15 is 0 Å². The fourth-order valence-corrected chi connectivity index (χ4v) is 4.23. The Morgan fingerprint density at radius 1 is 0.861 bits per heavy atom. The van der Waals surface area contributed by atoms with Gasteiger partial charge in [0.15, 0.2) is 0 Å². The standard InChI is InChI=1S/C31H41N3O2/c1-6-18-34(19-7-2)22-25-20-23(8-17-29(25)35)21-32-30(36)24-9-13-27(14-10-24)33-28-15-11-26(12-16-28)31(3,4)5/h8-17,20,33,35H,6-7,18-19,21-22H2,1-5H3,(H,32,36). The van der Waals surface area contributed by atoms with Crippen LogP contribution in [0.2, 0.25) is 0 Å². The molecular weight excluding hydrogens is 446 g/mol. The quantitative estimate of drug-likeness (QED) is 0.273. The Morgan fingerprint density at radius 3 is 2.00 bits per heavy atom. The minimum Gasteiger partial charge on any atom is -0.508 e. The number of hydrogen-bond acceptors (Lipinski definition) is 4. The third-order valence-electron chi connectivity index (χ3n) is 6.26. The fraction of sp³-hybridized carbons (Fsp3) is 0.387. The SMILES string of the molecule is CCCN(CCC)Cc1cc(CNC(=O)c2ccc(Nc3ccc(C(C)(C)C)cc3)cc2)ccc1O. The van der Waals surface area contributed by atoms with Gasteiger partial charge in [-0.3, -0.25) is 9.69 Å². The maximum absolute atomic E-state index is 12.7. The molecule has 3 aromatic carbocycles. The summed E-state index contributed by atoms with van der Waals surface area (Å²) in [5, 5.41) is 16.7. The second-order valence-corrected chi connectivity index (χ2v) is 10.5. The lowest BCUT2D eigenvalue weighted by molar-refractivity contribution is 0.0951. The van der Waals surface area contributed by atoms with Crippen molar-refractivity contribution < 1.29 is 9.90 Å². The highest BCUT2D eigenvalue weighted by Crippen LogP contribution is 2.25. The van der Waals surface area contributed by atoms with Gasteiger partial charge in [0.05, 0.1) is 0 Å². The minimum absolute atomic E-state index is 0.121. The second-order valence-electron chi connectivity index (χ2n) is 10.5. The van der Waals surface area contributed by atoms with Crippen LogP contribution in [-0.4, -0.2) is 29.0 Å². The Balaban J connectivity index is 1.57. The molecule has 0 heterocycles. The normalized spacial score (nSPS) is 11.5. The number of anilines is 2. The summed E-state index contributed by atoms with van der Waals surface area (Å²) in [5.41, 5.74) is 5.84. The van der Waals surface area contributed by atoms with Crippen molar-refractivity contribution in [2.45, 2.75) is 66.0 Å². The molecule has 36 heavy (non-hydrogen) atoms. The third kappa shape index (κ3) is 7.85. The van der Waals surface area contributed by atoms with Crippen molar-refractivity contribution in [3.8, 4) is 5.75 Å². The summed E-state index contributed by atoms with van der Waals surface area (Å²) in [5.74, 6) is 0.183. The van der Waals surface area contributed by atoms with Crippen LogP contribution in [0, 0.1) is 0 Å². The molecular formula is C31H41N3O2. The van der Waals surface area contributed by atoms with Crippen LogP contribution >= 0.6 is 0 Å². The predicted octanol–water partition coefficient (Wildman–Crippen LogP) is 6.99. The Kier molecular flexibility index (Phi) is 9.54. The van der Waals surface area contributed by atoms with E-state index in [1.807, 2.05) is 36.4 Å². The molecule has 0 aromatic heterocycles. The molecule has 0 radical (unpaired) electrons. The molecule has 0 aliphatic carbocycles. The van der Waals surface area contributed by atoms with E-state index in [9.17, 15) is 9.90 Å². The summed E-state index contributed by atoms with van der Waals surface area (Å²) < 4.78 is 0. The molecule has 3 aromatic rings. The van der Waals surface area contributed by atoms with Crippen molar-refractivity contribution in [3.63, 3.8) is 0 Å². The van der Waals surface area contributed by atoms with E-state index in [-0.39, 0.29) is 11.3 Å². The lowest BCUT2D eigenvalue weighted by atomic mass is 9.87. The largest absolute Gasteiger partial charge is 0.508 e. The second kappa shape index (κ2) is 12.6. The molecule has 0 bridgehead atoms. The molecule has 0 unspecified atom stereocenters. The maximum Gasteiger partial charge on any atom is 0.251 e. The van der Waals surface area contributed by atoms with Gasteiger partial charge in [0.1, 0.15) is 5.75 Å². The molecule has 0 spiro atoms. The van der Waals surface area contributed by atoms with Gasteiger partial charge in [-0.2, -0.15) is 0 Å². The molecule has 0 saturated heterocycles. The highest BCUT2D eigenvalue weighted by Gasteiger charge is 2.13. The molecule has 3 N–H and O–H groups in total. The maximum atomic E-state index is 12.7. The van der Waals surface area contributed by atoms with Gasteiger partial charge in [-0.15, -0.1) is 0 Å². The average molecular weight is 488 g/mol. The monoisotopic (exact) mass is 487 g/mol. The molecule has 0 aliphatic heterocycles. The van der Waals surface area contributed by atoms with Gasteiger partial charge in [0.25, 0.3) is 5.91 Å². The molecule has 1 amide bonds. The van der Waals surface area contributed by atoms with E-state index in [1.165, 1.54) is 5.56 Å². The molecule has 0 atom stereocenters. The van der Waals surface area contributed by atoms with Crippen LogP contribution in [0.5, 0.6) is 5.75 Å². The summed E-state index contributed by atoms with van der Waals surface area (Å²) in [4.78, 5) is 15.1. The summed E-state index contributed by atoms with van der Waals surface area (Å²) in [6.45, 7) is 14.1. The van der Waals surface area contributed by atoms with Crippen LogP contribution in [0.25, 0.3) is 0 Å². The average Bonchev–Trinajstić information content (AvgIpc) is 2.85. The van der Waals surface area contributed by atoms with Gasteiger partial charge >= 0.3 is 0 Å². The third-order valence-corrected chi connectivity index (χ3v) is 6.26. The van der Waals surface area contributed by atoms with Crippen molar-refractivity contribution in [2.24, 2.45) is 0 Å². The van der Waals surface area contributed by atoms with E-state index < -0.39 is 0 Å². The van der Waals surface area contributed by atoms with Crippen molar-refractivity contribution in [1.82, 2.24) is 10.2 Å². The number of phenols is 1. The van der Waals surface area contributed by atoms with Gasteiger partial charge in [-0.1, -0.05) is 52.8 Å². The molecule has 0 fully saturated rings. The zero-order valence-corrected chi connectivity index (χ0v) is 22.4. The highest BCUT2D eigenvalue weighted by molar-refractivity contribution is 5.94. The minimum atomic E-state index is -0.121. The van der Waals surface area contributed by atoms with Gasteiger partial charge < -0.3 is 15.7 Å². The van der Waals surface area contributed by atoms with Crippen molar-refractivity contribution in [1.29, 1.82) is 0 Å². The Morgan fingerprint density at radius 2 is 1.44 bits per heavy atom. The number of nitrogens with zero attached hydrogens (tertiary/aromatic N) is 1. The number of carbonyl (C=O) groups is 1. The molecule has 192 valence electrons.